The molecule has 1 heterocycles. The molecule has 2 rings (SSSR count). The highest BCUT2D eigenvalue weighted by Crippen LogP contribution is 2.27. The van der Waals surface area contributed by atoms with E-state index in [1.165, 1.54) is 0 Å². The standard InChI is InChI=1S/C14H17NO3S2/c1-3-11-4-6-12(7-5-11)15-20(17,18)14-8-10(2)13(9-16)19-14/h4-8,15-16H,3,9H2,1-2H3. The lowest BCUT2D eigenvalue weighted by atomic mass is 10.2. The maximum absolute atomic E-state index is 12.3. The van der Waals surface area contributed by atoms with Crippen molar-refractivity contribution < 1.29 is 13.5 Å². The van der Waals surface area contributed by atoms with E-state index < -0.39 is 10.0 Å². The highest BCUT2D eigenvalue weighted by atomic mass is 32.2. The highest BCUT2D eigenvalue weighted by Gasteiger charge is 2.18. The van der Waals surface area contributed by atoms with Crippen molar-refractivity contribution in [3.63, 3.8) is 0 Å². The van der Waals surface area contributed by atoms with Crippen molar-refractivity contribution in [1.29, 1.82) is 0 Å². The molecule has 0 saturated heterocycles. The zero-order chi connectivity index (χ0) is 14.8. The number of aliphatic hydroxyl groups excluding tert-OH is 1. The minimum absolute atomic E-state index is 0.142. The number of thiophene rings is 1. The van der Waals surface area contributed by atoms with Crippen molar-refractivity contribution in [2.45, 2.75) is 31.1 Å². The van der Waals surface area contributed by atoms with Crippen LogP contribution in [0.25, 0.3) is 0 Å². The summed E-state index contributed by atoms with van der Waals surface area (Å²) in [5.41, 5.74) is 2.49. The summed E-state index contributed by atoms with van der Waals surface area (Å²) in [4.78, 5) is 0.673. The normalized spacial score (nSPS) is 11.6. The summed E-state index contributed by atoms with van der Waals surface area (Å²) >= 11 is 1.09. The Morgan fingerprint density at radius 2 is 1.90 bits per heavy atom. The van der Waals surface area contributed by atoms with Crippen LogP contribution in [0.2, 0.25) is 0 Å². The number of hydrogen-bond acceptors (Lipinski definition) is 4. The Labute approximate surface area is 123 Å². The molecule has 108 valence electrons. The van der Waals surface area contributed by atoms with Gasteiger partial charge in [-0.2, -0.15) is 0 Å². The van der Waals surface area contributed by atoms with Gasteiger partial charge in [0.1, 0.15) is 4.21 Å². The van der Waals surface area contributed by atoms with E-state index in [1.807, 2.05) is 19.1 Å². The van der Waals surface area contributed by atoms with Crippen LogP contribution in [0.4, 0.5) is 5.69 Å². The lowest BCUT2D eigenvalue weighted by Gasteiger charge is -2.06. The van der Waals surface area contributed by atoms with Gasteiger partial charge in [0.2, 0.25) is 0 Å². The van der Waals surface area contributed by atoms with Crippen LogP contribution in [0.1, 0.15) is 22.9 Å². The third-order valence-corrected chi connectivity index (χ3v) is 6.10. The molecule has 0 aliphatic rings. The van der Waals surface area contributed by atoms with Gasteiger partial charge in [-0.3, -0.25) is 4.72 Å². The number of nitrogens with one attached hydrogen (secondary N) is 1. The fourth-order valence-electron chi connectivity index (χ4n) is 1.79. The van der Waals surface area contributed by atoms with Crippen LogP contribution in [0.3, 0.4) is 0 Å². The molecule has 0 amide bonds. The molecule has 20 heavy (non-hydrogen) atoms. The first-order valence-corrected chi connectivity index (χ1v) is 8.58. The molecule has 0 spiro atoms. The third kappa shape index (κ3) is 3.20. The molecule has 0 radical (unpaired) electrons. The van der Waals surface area contributed by atoms with Crippen LogP contribution < -0.4 is 4.72 Å². The Bertz CT molecular complexity index is 688. The molecule has 0 fully saturated rings. The van der Waals surface area contributed by atoms with Gasteiger partial charge in [-0.25, -0.2) is 8.42 Å². The maximum Gasteiger partial charge on any atom is 0.271 e. The molecular weight excluding hydrogens is 294 g/mol. The first kappa shape index (κ1) is 15.0. The second-order valence-electron chi connectivity index (χ2n) is 4.49. The lowest BCUT2D eigenvalue weighted by molar-refractivity contribution is 0.285. The number of aliphatic hydroxyl groups is 1. The van der Waals surface area contributed by atoms with E-state index in [4.69, 9.17) is 5.11 Å². The van der Waals surface area contributed by atoms with Crippen molar-refractivity contribution >= 4 is 27.0 Å². The minimum Gasteiger partial charge on any atom is -0.391 e. The molecule has 0 unspecified atom stereocenters. The Balaban J connectivity index is 2.25. The average molecular weight is 311 g/mol. The molecule has 0 saturated carbocycles. The van der Waals surface area contributed by atoms with Gasteiger partial charge in [0, 0.05) is 10.6 Å². The Hall–Kier alpha value is -1.37. The number of anilines is 1. The number of hydrogen-bond donors (Lipinski definition) is 2. The summed E-state index contributed by atoms with van der Waals surface area (Å²) in [6, 6.07) is 8.89. The molecule has 0 aliphatic heterocycles. The predicted octanol–water partition coefficient (Wildman–Crippen LogP) is 2.91. The summed E-state index contributed by atoms with van der Waals surface area (Å²) in [6.07, 6.45) is 0.914. The lowest BCUT2D eigenvalue weighted by Crippen LogP contribution is -2.11. The highest BCUT2D eigenvalue weighted by molar-refractivity contribution is 7.94. The Morgan fingerprint density at radius 3 is 2.40 bits per heavy atom. The van der Waals surface area contributed by atoms with Gasteiger partial charge in [0.05, 0.1) is 6.61 Å². The van der Waals surface area contributed by atoms with E-state index in [0.717, 1.165) is 28.9 Å². The van der Waals surface area contributed by atoms with Crippen LogP contribution in [0.15, 0.2) is 34.5 Å². The summed E-state index contributed by atoms with van der Waals surface area (Å²) in [5, 5.41) is 9.14. The van der Waals surface area contributed by atoms with Crippen LogP contribution in [0.5, 0.6) is 0 Å². The molecule has 0 atom stereocenters. The Morgan fingerprint density at radius 1 is 1.25 bits per heavy atom. The molecule has 0 bridgehead atoms. The zero-order valence-electron chi connectivity index (χ0n) is 11.4. The number of benzene rings is 1. The van der Waals surface area contributed by atoms with Crippen molar-refractivity contribution in [3.05, 3.63) is 46.3 Å². The third-order valence-electron chi connectivity index (χ3n) is 3.02. The summed E-state index contributed by atoms with van der Waals surface area (Å²) in [7, 11) is -3.59. The molecule has 1 aromatic heterocycles. The van der Waals surface area contributed by atoms with Gasteiger partial charge in [0.15, 0.2) is 0 Å². The number of rotatable bonds is 5. The fraction of sp³-hybridized carbons (Fsp3) is 0.286. The molecule has 4 nitrogen and oxygen atoms in total. The van der Waals surface area contributed by atoms with Gasteiger partial charge in [-0.15, -0.1) is 11.3 Å². The van der Waals surface area contributed by atoms with Gasteiger partial charge >= 0.3 is 0 Å². The second-order valence-corrected chi connectivity index (χ2v) is 7.53. The smallest absolute Gasteiger partial charge is 0.271 e. The molecule has 6 heteroatoms. The molecule has 1 aromatic carbocycles. The van der Waals surface area contributed by atoms with Crippen LogP contribution >= 0.6 is 11.3 Å². The quantitative estimate of drug-likeness (QED) is 0.892. The topological polar surface area (TPSA) is 66.4 Å². The SMILES string of the molecule is CCc1ccc(NS(=O)(=O)c2cc(C)c(CO)s2)cc1. The summed E-state index contributed by atoms with van der Waals surface area (Å²) in [5.74, 6) is 0. The monoisotopic (exact) mass is 311 g/mol. The minimum atomic E-state index is -3.59. The second kappa shape index (κ2) is 5.95. The molecule has 2 N–H and O–H groups in total. The van der Waals surface area contributed by atoms with Crippen LogP contribution in [-0.2, 0) is 23.1 Å². The predicted molar refractivity (Wildman–Crippen MR) is 81.6 cm³/mol. The average Bonchev–Trinajstić information content (AvgIpc) is 2.81. The van der Waals surface area contributed by atoms with E-state index in [0.29, 0.717) is 10.6 Å². The van der Waals surface area contributed by atoms with Crippen molar-refractivity contribution in [3.8, 4) is 0 Å². The maximum atomic E-state index is 12.3. The fourth-order valence-corrected chi connectivity index (χ4v) is 4.30. The van der Waals surface area contributed by atoms with Crippen molar-refractivity contribution in [1.82, 2.24) is 0 Å². The van der Waals surface area contributed by atoms with E-state index in [2.05, 4.69) is 4.72 Å². The van der Waals surface area contributed by atoms with Gasteiger partial charge in [-0.1, -0.05) is 19.1 Å². The Kier molecular flexibility index (Phi) is 4.47. The van der Waals surface area contributed by atoms with Gasteiger partial charge in [-0.05, 0) is 42.7 Å². The van der Waals surface area contributed by atoms with Gasteiger partial charge in [0.25, 0.3) is 10.0 Å². The van der Waals surface area contributed by atoms with E-state index in [-0.39, 0.29) is 10.8 Å². The van der Waals surface area contributed by atoms with Crippen LogP contribution in [-0.4, -0.2) is 13.5 Å². The van der Waals surface area contributed by atoms with E-state index >= 15 is 0 Å². The summed E-state index contributed by atoms with van der Waals surface area (Å²) < 4.78 is 27.3. The zero-order valence-corrected chi connectivity index (χ0v) is 13.0. The van der Waals surface area contributed by atoms with Crippen molar-refractivity contribution in [2.75, 3.05) is 4.72 Å². The molecule has 0 aliphatic carbocycles. The largest absolute Gasteiger partial charge is 0.391 e. The van der Waals surface area contributed by atoms with Gasteiger partial charge < -0.3 is 5.11 Å². The van der Waals surface area contributed by atoms with Crippen LogP contribution in [0, 0.1) is 6.92 Å². The van der Waals surface area contributed by atoms with Crippen molar-refractivity contribution in [2.24, 2.45) is 0 Å². The van der Waals surface area contributed by atoms with E-state index in [9.17, 15) is 8.42 Å². The first-order chi connectivity index (χ1) is 9.46. The molecule has 2 aromatic rings. The number of sulfonamides is 1. The molecular formula is C14H17NO3S2. The summed E-state index contributed by atoms with van der Waals surface area (Å²) in [6.45, 7) is 3.69. The van der Waals surface area contributed by atoms with E-state index in [1.54, 1.807) is 25.1 Å². The first-order valence-electron chi connectivity index (χ1n) is 6.28. The number of aryl methyl sites for hydroxylation is 2.